The van der Waals surface area contributed by atoms with Gasteiger partial charge in [0.2, 0.25) is 0 Å². The number of nitrogens with one attached hydrogen (secondary N) is 1. The zero-order valence-electron chi connectivity index (χ0n) is 7.71. The van der Waals surface area contributed by atoms with Crippen LogP contribution in [0.5, 0.6) is 0 Å². The second-order valence-electron chi connectivity index (χ2n) is 3.30. The van der Waals surface area contributed by atoms with Gasteiger partial charge >= 0.3 is 6.09 Å². The smallest absolute Gasteiger partial charge is 0.407 e. The van der Waals surface area contributed by atoms with Gasteiger partial charge in [0, 0.05) is 0 Å². The van der Waals surface area contributed by atoms with E-state index in [1.807, 2.05) is 0 Å². The summed E-state index contributed by atoms with van der Waals surface area (Å²) < 4.78 is 17.7. The van der Waals surface area contributed by atoms with E-state index < -0.39 is 6.09 Å². The Bertz CT molecular complexity index is 378. The number of hydrogen-bond acceptors (Lipinski definition) is 2. The maximum atomic E-state index is 12.9. The summed E-state index contributed by atoms with van der Waals surface area (Å²) in [5, 5.41) is 2.63. The average Bonchev–Trinajstić information content (AvgIpc) is 2.57. The molecule has 1 heterocycles. The van der Waals surface area contributed by atoms with E-state index in [1.165, 1.54) is 6.07 Å². The SMILES string of the molecule is Cc1cc(C2COC(=O)N2)ccc1F. The molecule has 1 unspecified atom stereocenters. The number of aryl methyl sites for hydroxylation is 1. The molecule has 1 aromatic carbocycles. The summed E-state index contributed by atoms with van der Waals surface area (Å²) in [6.07, 6.45) is -0.419. The predicted octanol–water partition coefficient (Wildman–Crippen LogP) is 1.92. The summed E-state index contributed by atoms with van der Waals surface area (Å²) in [7, 11) is 0. The lowest BCUT2D eigenvalue weighted by molar-refractivity contribution is 0.177. The molecule has 1 aromatic rings. The fourth-order valence-corrected chi connectivity index (χ4v) is 1.45. The van der Waals surface area contributed by atoms with Gasteiger partial charge in [-0.15, -0.1) is 0 Å². The standard InChI is InChI=1S/C10H10FNO2/c1-6-4-7(2-3-8(6)11)9-5-14-10(13)12-9/h2-4,9H,5H2,1H3,(H,12,13). The molecule has 4 heteroatoms. The molecule has 2 rings (SSSR count). The molecule has 1 atom stereocenters. The highest BCUT2D eigenvalue weighted by molar-refractivity contribution is 5.70. The van der Waals surface area contributed by atoms with E-state index >= 15 is 0 Å². The van der Waals surface area contributed by atoms with Crippen molar-refractivity contribution >= 4 is 6.09 Å². The molecule has 14 heavy (non-hydrogen) atoms. The first kappa shape index (κ1) is 8.99. The molecule has 1 amide bonds. The summed E-state index contributed by atoms with van der Waals surface area (Å²) >= 11 is 0. The second-order valence-corrected chi connectivity index (χ2v) is 3.30. The Labute approximate surface area is 80.9 Å². The van der Waals surface area contributed by atoms with Crippen LogP contribution in [0.25, 0.3) is 0 Å². The molecule has 1 N–H and O–H groups in total. The number of benzene rings is 1. The Hall–Kier alpha value is -1.58. The van der Waals surface area contributed by atoms with Crippen LogP contribution in [0.2, 0.25) is 0 Å². The maximum absolute atomic E-state index is 12.9. The van der Waals surface area contributed by atoms with E-state index in [9.17, 15) is 9.18 Å². The average molecular weight is 195 g/mol. The molecule has 0 aromatic heterocycles. The van der Waals surface area contributed by atoms with Crippen molar-refractivity contribution in [2.75, 3.05) is 6.61 Å². The molecule has 1 aliphatic rings. The van der Waals surface area contributed by atoms with Gasteiger partial charge in [-0.1, -0.05) is 12.1 Å². The van der Waals surface area contributed by atoms with Crippen molar-refractivity contribution in [1.82, 2.24) is 5.32 Å². The van der Waals surface area contributed by atoms with E-state index in [2.05, 4.69) is 5.32 Å². The predicted molar refractivity (Wildman–Crippen MR) is 48.4 cm³/mol. The van der Waals surface area contributed by atoms with Crippen molar-refractivity contribution in [1.29, 1.82) is 0 Å². The first-order valence-corrected chi connectivity index (χ1v) is 4.36. The van der Waals surface area contributed by atoms with E-state index in [0.717, 1.165) is 5.56 Å². The molecule has 3 nitrogen and oxygen atoms in total. The van der Waals surface area contributed by atoms with Gasteiger partial charge in [0.05, 0.1) is 6.04 Å². The monoisotopic (exact) mass is 195 g/mol. The minimum absolute atomic E-state index is 0.151. The Morgan fingerprint density at radius 2 is 2.36 bits per heavy atom. The number of halogens is 1. The van der Waals surface area contributed by atoms with Gasteiger partial charge in [-0.3, -0.25) is 0 Å². The summed E-state index contributed by atoms with van der Waals surface area (Å²) in [6.45, 7) is 2.00. The van der Waals surface area contributed by atoms with Gasteiger partial charge in [0.1, 0.15) is 12.4 Å². The van der Waals surface area contributed by atoms with Crippen LogP contribution in [0.3, 0.4) is 0 Å². The van der Waals surface area contributed by atoms with Crippen LogP contribution in [0.15, 0.2) is 18.2 Å². The van der Waals surface area contributed by atoms with Crippen molar-refractivity contribution in [2.24, 2.45) is 0 Å². The van der Waals surface area contributed by atoms with Gasteiger partial charge in [-0.2, -0.15) is 0 Å². The van der Waals surface area contributed by atoms with Crippen molar-refractivity contribution in [3.63, 3.8) is 0 Å². The molecule has 0 bridgehead atoms. The lowest BCUT2D eigenvalue weighted by Crippen LogP contribution is -2.18. The van der Waals surface area contributed by atoms with Crippen LogP contribution in [-0.4, -0.2) is 12.7 Å². The molecule has 1 fully saturated rings. The van der Waals surface area contributed by atoms with Crippen LogP contribution < -0.4 is 5.32 Å². The first-order chi connectivity index (χ1) is 6.66. The number of carbonyl (C=O) groups excluding carboxylic acids is 1. The number of amides is 1. The summed E-state index contributed by atoms with van der Waals surface area (Å²) in [5.74, 6) is -0.237. The summed E-state index contributed by atoms with van der Waals surface area (Å²) in [6, 6.07) is 4.62. The summed E-state index contributed by atoms with van der Waals surface area (Å²) in [4.78, 5) is 10.8. The molecule has 0 spiro atoms. The van der Waals surface area contributed by atoms with E-state index in [0.29, 0.717) is 12.2 Å². The van der Waals surface area contributed by atoms with Gasteiger partial charge < -0.3 is 10.1 Å². The topological polar surface area (TPSA) is 38.3 Å². The highest BCUT2D eigenvalue weighted by Gasteiger charge is 2.23. The van der Waals surface area contributed by atoms with E-state index in [1.54, 1.807) is 19.1 Å². The third kappa shape index (κ3) is 1.55. The largest absolute Gasteiger partial charge is 0.447 e. The van der Waals surface area contributed by atoms with Crippen LogP contribution in [0, 0.1) is 12.7 Å². The molecular weight excluding hydrogens is 185 g/mol. The lowest BCUT2D eigenvalue weighted by atomic mass is 10.1. The quantitative estimate of drug-likeness (QED) is 0.743. The van der Waals surface area contributed by atoms with Crippen molar-refractivity contribution < 1.29 is 13.9 Å². The zero-order chi connectivity index (χ0) is 10.1. The number of ether oxygens (including phenoxy) is 1. The zero-order valence-corrected chi connectivity index (χ0v) is 7.71. The molecule has 0 saturated carbocycles. The fraction of sp³-hybridized carbons (Fsp3) is 0.300. The lowest BCUT2D eigenvalue weighted by Gasteiger charge is -2.08. The Kier molecular flexibility index (Phi) is 2.11. The van der Waals surface area contributed by atoms with Gasteiger partial charge in [0.15, 0.2) is 0 Å². The van der Waals surface area contributed by atoms with Crippen LogP contribution in [0.4, 0.5) is 9.18 Å². The summed E-state index contributed by atoms with van der Waals surface area (Å²) in [5.41, 5.74) is 1.44. The normalized spacial score (nSPS) is 20.4. The third-order valence-electron chi connectivity index (χ3n) is 2.26. The fourth-order valence-electron chi connectivity index (χ4n) is 1.45. The van der Waals surface area contributed by atoms with Crippen molar-refractivity contribution in [3.8, 4) is 0 Å². The molecule has 1 saturated heterocycles. The Morgan fingerprint density at radius 3 is 2.93 bits per heavy atom. The number of rotatable bonds is 1. The van der Waals surface area contributed by atoms with Crippen LogP contribution >= 0.6 is 0 Å². The number of hydrogen-bond donors (Lipinski definition) is 1. The molecule has 74 valence electrons. The number of cyclic esters (lactones) is 1. The van der Waals surface area contributed by atoms with E-state index in [-0.39, 0.29) is 11.9 Å². The highest BCUT2D eigenvalue weighted by Crippen LogP contribution is 2.20. The van der Waals surface area contributed by atoms with Crippen molar-refractivity contribution in [3.05, 3.63) is 35.1 Å². The van der Waals surface area contributed by atoms with Crippen LogP contribution in [-0.2, 0) is 4.74 Å². The molecule has 1 aliphatic heterocycles. The highest BCUT2D eigenvalue weighted by atomic mass is 19.1. The van der Waals surface area contributed by atoms with Gasteiger partial charge in [-0.25, -0.2) is 9.18 Å². The Morgan fingerprint density at radius 1 is 1.57 bits per heavy atom. The minimum atomic E-state index is -0.419. The number of alkyl carbamates (subject to hydrolysis) is 1. The molecular formula is C10H10FNO2. The van der Waals surface area contributed by atoms with Gasteiger partial charge in [-0.05, 0) is 24.1 Å². The van der Waals surface area contributed by atoms with Crippen LogP contribution in [0.1, 0.15) is 17.2 Å². The molecule has 0 radical (unpaired) electrons. The second kappa shape index (κ2) is 3.29. The van der Waals surface area contributed by atoms with E-state index in [4.69, 9.17) is 4.74 Å². The maximum Gasteiger partial charge on any atom is 0.407 e. The Balaban J connectivity index is 2.24. The van der Waals surface area contributed by atoms with Gasteiger partial charge in [0.25, 0.3) is 0 Å². The minimum Gasteiger partial charge on any atom is -0.447 e. The first-order valence-electron chi connectivity index (χ1n) is 4.36. The molecule has 0 aliphatic carbocycles. The third-order valence-corrected chi connectivity index (χ3v) is 2.26. The van der Waals surface area contributed by atoms with Crippen molar-refractivity contribution in [2.45, 2.75) is 13.0 Å². The number of carbonyl (C=O) groups is 1.